The van der Waals surface area contributed by atoms with Crippen LogP contribution >= 0.6 is 0 Å². The van der Waals surface area contributed by atoms with Gasteiger partial charge >= 0.3 is 0 Å². The van der Waals surface area contributed by atoms with E-state index in [0.29, 0.717) is 33.7 Å². The van der Waals surface area contributed by atoms with E-state index in [1.807, 2.05) is 42.5 Å². The predicted octanol–water partition coefficient (Wildman–Crippen LogP) is 6.17. The van der Waals surface area contributed by atoms with Crippen LogP contribution in [0.4, 0.5) is 4.39 Å². The molecule has 11 heteroatoms. The third kappa shape index (κ3) is 6.36. The molecule has 0 radical (unpaired) electrons. The first-order valence-corrected chi connectivity index (χ1v) is 17.7. The van der Waals surface area contributed by atoms with Crippen molar-refractivity contribution in [3.63, 3.8) is 0 Å². The number of para-hydroxylation sites is 1. The first kappa shape index (κ1) is 32.4. The second-order valence-electron chi connectivity index (χ2n) is 11.9. The highest BCUT2D eigenvalue weighted by atomic mass is 32.2. The molecule has 1 aromatic heterocycles. The number of carbonyl (C=O) groups is 2. The van der Waals surface area contributed by atoms with Crippen LogP contribution in [0.1, 0.15) is 23.1 Å². The van der Waals surface area contributed by atoms with Crippen molar-refractivity contribution in [2.45, 2.75) is 19.1 Å². The van der Waals surface area contributed by atoms with Crippen LogP contribution in [-0.2, 0) is 26.0 Å². The molecule has 3 heterocycles. The van der Waals surface area contributed by atoms with Gasteiger partial charge in [-0.3, -0.25) is 14.5 Å². The van der Waals surface area contributed by atoms with Gasteiger partial charge in [0.2, 0.25) is 0 Å². The topological polar surface area (TPSA) is 122 Å². The lowest BCUT2D eigenvalue weighted by atomic mass is 9.86. The molecule has 0 saturated carbocycles. The number of halogens is 1. The summed E-state index contributed by atoms with van der Waals surface area (Å²) in [6.07, 6.45) is 3.43. The number of hydrogen-bond donors (Lipinski definition) is 0. The molecule has 2 aliphatic rings. The molecule has 50 heavy (non-hydrogen) atoms. The van der Waals surface area contributed by atoms with Crippen LogP contribution in [0, 0.1) is 17.1 Å². The third-order valence-electron chi connectivity index (χ3n) is 8.67. The minimum Gasteiger partial charge on any atom is -0.489 e. The van der Waals surface area contributed by atoms with Gasteiger partial charge in [0.15, 0.2) is 9.84 Å². The summed E-state index contributed by atoms with van der Waals surface area (Å²) in [4.78, 5) is 29.2. The van der Waals surface area contributed by atoms with Crippen LogP contribution in [0.5, 0.6) is 5.75 Å². The van der Waals surface area contributed by atoms with Crippen molar-refractivity contribution in [2.75, 3.05) is 11.5 Å². The number of nitrogens with zero attached hydrogens (tertiary/aromatic N) is 4. The third-order valence-corrected chi connectivity index (χ3v) is 10.4. The molecule has 0 bridgehead atoms. The number of rotatable bonds is 8. The molecular formula is C39H29FN4O5S. The number of amides is 2. The Balaban J connectivity index is 1.38. The average molecular weight is 685 g/mol. The second kappa shape index (κ2) is 13.4. The van der Waals surface area contributed by atoms with Crippen molar-refractivity contribution in [2.24, 2.45) is 0 Å². The lowest BCUT2D eigenvalue weighted by Crippen LogP contribution is -2.49. The highest BCUT2D eigenvalue weighted by molar-refractivity contribution is 7.91. The molecule has 0 N–H and O–H groups in total. The Morgan fingerprint density at radius 3 is 2.30 bits per heavy atom. The Kier molecular flexibility index (Phi) is 8.70. The fourth-order valence-corrected chi connectivity index (χ4v) is 7.94. The molecule has 1 atom stereocenters. The number of benzene rings is 4. The van der Waals surface area contributed by atoms with Gasteiger partial charge in [-0.05, 0) is 48.4 Å². The van der Waals surface area contributed by atoms with Crippen molar-refractivity contribution in [3.05, 3.63) is 149 Å². The van der Waals surface area contributed by atoms with Gasteiger partial charge in [0.25, 0.3) is 11.8 Å². The zero-order valence-electron chi connectivity index (χ0n) is 26.6. The van der Waals surface area contributed by atoms with Crippen molar-refractivity contribution < 1.29 is 27.1 Å². The number of ether oxygens (including phenoxy) is 1. The number of imide groups is 1. The molecule has 248 valence electrons. The maximum atomic E-state index is 14.4. The van der Waals surface area contributed by atoms with Crippen LogP contribution in [-0.4, -0.2) is 52.5 Å². The monoisotopic (exact) mass is 684 g/mol. The molecule has 1 saturated heterocycles. The number of carbonyl (C=O) groups excluding carboxylic acids is 2. The van der Waals surface area contributed by atoms with Crippen molar-refractivity contribution in [1.82, 2.24) is 14.7 Å². The van der Waals surface area contributed by atoms with Crippen LogP contribution in [0.3, 0.4) is 0 Å². The molecule has 1 unspecified atom stereocenters. The van der Waals surface area contributed by atoms with Gasteiger partial charge in [0.05, 0.1) is 28.8 Å². The van der Waals surface area contributed by atoms with E-state index in [0.717, 1.165) is 10.6 Å². The van der Waals surface area contributed by atoms with E-state index < -0.39 is 27.7 Å². The van der Waals surface area contributed by atoms with E-state index in [1.54, 1.807) is 83.7 Å². The van der Waals surface area contributed by atoms with Gasteiger partial charge in [0.1, 0.15) is 35.5 Å². The highest BCUT2D eigenvalue weighted by Gasteiger charge is 2.45. The molecule has 9 nitrogen and oxygen atoms in total. The van der Waals surface area contributed by atoms with Gasteiger partial charge in [-0.2, -0.15) is 10.4 Å². The smallest absolute Gasteiger partial charge is 0.272 e. The van der Waals surface area contributed by atoms with Crippen LogP contribution < -0.4 is 4.74 Å². The minimum absolute atomic E-state index is 0.00289. The molecule has 0 spiro atoms. The average Bonchev–Trinajstić information content (AvgIpc) is 3.72. The first-order valence-electron chi connectivity index (χ1n) is 15.8. The fourth-order valence-electron chi connectivity index (χ4n) is 6.24. The lowest BCUT2D eigenvalue weighted by molar-refractivity contribution is -0.142. The van der Waals surface area contributed by atoms with E-state index in [4.69, 9.17) is 9.84 Å². The van der Waals surface area contributed by atoms with Gasteiger partial charge in [0, 0.05) is 28.5 Å². The second-order valence-corrected chi connectivity index (χ2v) is 14.2. The first-order chi connectivity index (χ1) is 24.2. The predicted molar refractivity (Wildman–Crippen MR) is 186 cm³/mol. The standard InChI is InChI=1S/C39H29FN4O5S/c40-35-17-8-7-12-28(35)24-49-32-16-9-13-27(20-32)37-29(23-43(42-37)30-14-5-2-6-15-30)21-33-36(26-10-3-1-4-11-26)34(22-41)39(46)44(38(33)45)31-18-19-50(47,48)25-31/h1-17,20-21,23,31H,18-19,24-25H2/b33-21-. The lowest BCUT2D eigenvalue weighted by Gasteiger charge is -2.32. The molecule has 4 aromatic carbocycles. The quantitative estimate of drug-likeness (QED) is 0.141. The van der Waals surface area contributed by atoms with Gasteiger partial charge in [-0.25, -0.2) is 17.5 Å². The summed E-state index contributed by atoms with van der Waals surface area (Å²) < 4.78 is 46.8. The molecule has 0 aliphatic carbocycles. The van der Waals surface area contributed by atoms with Crippen LogP contribution in [0.2, 0.25) is 0 Å². The van der Waals surface area contributed by atoms with E-state index in [2.05, 4.69) is 0 Å². The Morgan fingerprint density at radius 2 is 1.60 bits per heavy atom. The molecule has 7 rings (SSSR count). The summed E-state index contributed by atoms with van der Waals surface area (Å²) in [6.45, 7) is 0.00289. The summed E-state index contributed by atoms with van der Waals surface area (Å²) in [6, 6.07) is 32.6. The molecule has 5 aromatic rings. The minimum atomic E-state index is -3.47. The Morgan fingerprint density at radius 1 is 0.900 bits per heavy atom. The van der Waals surface area contributed by atoms with E-state index in [9.17, 15) is 27.7 Å². The van der Waals surface area contributed by atoms with Crippen molar-refractivity contribution >= 4 is 33.3 Å². The highest BCUT2D eigenvalue weighted by Crippen LogP contribution is 2.38. The fraction of sp³-hybridized carbons (Fsp3) is 0.128. The number of aromatic nitrogens is 2. The van der Waals surface area contributed by atoms with Gasteiger partial charge in [-0.1, -0.05) is 78.9 Å². The maximum Gasteiger partial charge on any atom is 0.272 e. The largest absolute Gasteiger partial charge is 0.489 e. The normalized spacial score (nSPS) is 18.0. The molecular weight excluding hydrogens is 656 g/mol. The Bertz CT molecular complexity index is 2340. The van der Waals surface area contributed by atoms with Crippen molar-refractivity contribution in [3.8, 4) is 28.8 Å². The van der Waals surface area contributed by atoms with Crippen LogP contribution in [0.15, 0.2) is 127 Å². The zero-order valence-corrected chi connectivity index (χ0v) is 27.4. The van der Waals surface area contributed by atoms with E-state index >= 15 is 0 Å². The summed E-state index contributed by atoms with van der Waals surface area (Å²) in [7, 11) is -3.47. The summed E-state index contributed by atoms with van der Waals surface area (Å²) in [5.74, 6) is -1.96. The number of nitriles is 1. The maximum absolute atomic E-state index is 14.4. The number of hydrogen-bond acceptors (Lipinski definition) is 7. The molecule has 2 aliphatic heterocycles. The van der Waals surface area contributed by atoms with Crippen molar-refractivity contribution in [1.29, 1.82) is 5.26 Å². The van der Waals surface area contributed by atoms with E-state index in [-0.39, 0.29) is 47.1 Å². The summed E-state index contributed by atoms with van der Waals surface area (Å²) >= 11 is 0. The van der Waals surface area contributed by atoms with Crippen LogP contribution in [0.25, 0.3) is 28.6 Å². The molecule has 1 fully saturated rings. The number of sulfone groups is 1. The molecule has 2 amide bonds. The van der Waals surface area contributed by atoms with Gasteiger partial charge in [-0.15, -0.1) is 0 Å². The Hall–Kier alpha value is -6.12. The zero-order chi connectivity index (χ0) is 34.8. The van der Waals surface area contributed by atoms with E-state index in [1.165, 1.54) is 6.07 Å². The van der Waals surface area contributed by atoms with Gasteiger partial charge < -0.3 is 4.74 Å². The SMILES string of the molecule is N#CC1=C(c2ccccc2)/C(=C/c2cn(-c3ccccc3)nc2-c2cccc(OCc3ccccc3F)c2)C(=O)N(C2CCS(=O)(=O)C2)C1=O. The Labute approximate surface area is 288 Å². The summed E-state index contributed by atoms with van der Waals surface area (Å²) in [5.41, 5.74) is 3.15. The summed E-state index contributed by atoms with van der Waals surface area (Å²) in [5, 5.41) is 15.2.